The molecule has 0 saturated carbocycles. The van der Waals surface area contributed by atoms with Crippen LogP contribution in [0.1, 0.15) is 5.69 Å². The van der Waals surface area contributed by atoms with Gasteiger partial charge in [-0.2, -0.15) is 15.1 Å². The first-order chi connectivity index (χ1) is 13.7. The molecule has 0 bridgehead atoms. The number of carbonyl (C=O) groups is 1. The number of thioether (sulfide) groups is 1. The molecule has 28 heavy (non-hydrogen) atoms. The number of hydrogen-bond donors (Lipinski definition) is 1. The zero-order valence-electron chi connectivity index (χ0n) is 14.2. The smallest absolute Gasteiger partial charge is 0.283 e. The third kappa shape index (κ3) is 2.79. The van der Waals surface area contributed by atoms with Crippen molar-refractivity contribution >= 4 is 51.6 Å². The minimum absolute atomic E-state index is 0.00578. The van der Waals surface area contributed by atoms with Gasteiger partial charge in [0, 0.05) is 17.5 Å². The van der Waals surface area contributed by atoms with Crippen LogP contribution in [-0.2, 0) is 4.79 Å². The number of fused-ring (bicyclic) bond motifs is 1. The summed E-state index contributed by atoms with van der Waals surface area (Å²) in [7, 11) is 0. The van der Waals surface area contributed by atoms with Gasteiger partial charge in [-0.3, -0.25) is 14.8 Å². The maximum Gasteiger partial charge on any atom is 0.283 e. The molecule has 0 atom stereocenters. The van der Waals surface area contributed by atoms with Crippen molar-refractivity contribution in [2.24, 2.45) is 10.1 Å². The van der Waals surface area contributed by atoms with Crippen molar-refractivity contribution < 1.29 is 4.79 Å². The lowest BCUT2D eigenvalue weighted by molar-refractivity contribution is -0.114. The van der Waals surface area contributed by atoms with Gasteiger partial charge in [0.15, 0.2) is 11.0 Å². The van der Waals surface area contributed by atoms with E-state index >= 15 is 0 Å². The van der Waals surface area contributed by atoms with Crippen molar-refractivity contribution in [3.8, 4) is 15.7 Å². The third-order valence-electron chi connectivity index (χ3n) is 4.11. The normalized spacial score (nSPS) is 17.4. The summed E-state index contributed by atoms with van der Waals surface area (Å²) < 4.78 is 1.83. The molecular weight excluding hydrogens is 394 g/mol. The fraction of sp³-hybridized carbons (Fsp3) is 0. The summed E-state index contributed by atoms with van der Waals surface area (Å²) in [5, 5.41) is 24.1. The van der Waals surface area contributed by atoms with E-state index in [1.807, 2.05) is 53.2 Å². The number of rotatable bonds is 3. The SMILES string of the molecule is N=C1/C(=C\c2cccn2-c2nnc(-c3ccccc3)s2)C(=O)N=C2SC=NN12. The van der Waals surface area contributed by atoms with E-state index in [-0.39, 0.29) is 11.4 Å². The minimum Gasteiger partial charge on any atom is -0.292 e. The second kappa shape index (κ2) is 6.66. The first-order valence-corrected chi connectivity index (χ1v) is 9.90. The van der Waals surface area contributed by atoms with Gasteiger partial charge in [0.1, 0.15) is 5.01 Å². The van der Waals surface area contributed by atoms with E-state index in [0.717, 1.165) is 10.6 Å². The molecule has 0 radical (unpaired) electrons. The van der Waals surface area contributed by atoms with Gasteiger partial charge < -0.3 is 0 Å². The van der Waals surface area contributed by atoms with E-state index in [1.165, 1.54) is 28.1 Å². The molecule has 2 aromatic heterocycles. The molecule has 5 rings (SSSR count). The highest BCUT2D eigenvalue weighted by Gasteiger charge is 2.32. The Morgan fingerprint density at radius 3 is 2.79 bits per heavy atom. The van der Waals surface area contributed by atoms with E-state index in [9.17, 15) is 4.79 Å². The van der Waals surface area contributed by atoms with Gasteiger partial charge in [-0.25, -0.2) is 0 Å². The largest absolute Gasteiger partial charge is 0.292 e. The lowest BCUT2D eigenvalue weighted by atomic mass is 10.1. The molecule has 0 aliphatic carbocycles. The summed E-state index contributed by atoms with van der Waals surface area (Å²) in [4.78, 5) is 16.4. The van der Waals surface area contributed by atoms with Crippen LogP contribution >= 0.6 is 23.1 Å². The number of nitrogens with zero attached hydrogens (tertiary/aromatic N) is 6. The number of aromatic nitrogens is 3. The molecule has 1 N–H and O–H groups in total. The van der Waals surface area contributed by atoms with Gasteiger partial charge in [-0.15, -0.1) is 10.2 Å². The molecular formula is C18H11N7OS2. The summed E-state index contributed by atoms with van der Waals surface area (Å²) in [5.41, 5.74) is 3.43. The zero-order chi connectivity index (χ0) is 19.1. The molecule has 2 aliphatic heterocycles. The van der Waals surface area contributed by atoms with E-state index in [0.29, 0.717) is 16.0 Å². The van der Waals surface area contributed by atoms with Crippen LogP contribution in [0.2, 0.25) is 0 Å². The first-order valence-electron chi connectivity index (χ1n) is 8.20. The Balaban J connectivity index is 1.52. The Morgan fingerprint density at radius 2 is 1.93 bits per heavy atom. The van der Waals surface area contributed by atoms with Gasteiger partial charge in [-0.05, 0) is 30.0 Å². The number of carbonyl (C=O) groups excluding carboxylic acids is 1. The molecule has 0 unspecified atom stereocenters. The Kier molecular flexibility index (Phi) is 3.99. The van der Waals surface area contributed by atoms with E-state index in [2.05, 4.69) is 20.3 Å². The number of nitrogens with one attached hydrogen (secondary N) is 1. The maximum atomic E-state index is 12.4. The maximum absolute atomic E-state index is 12.4. The van der Waals surface area contributed by atoms with Crippen LogP contribution in [0, 0.1) is 5.41 Å². The molecule has 3 aromatic rings. The molecule has 136 valence electrons. The predicted octanol–water partition coefficient (Wildman–Crippen LogP) is 3.24. The third-order valence-corrected chi connectivity index (χ3v) is 5.76. The number of hydrazone groups is 1. The molecule has 1 amide bonds. The lowest BCUT2D eigenvalue weighted by Gasteiger charge is -2.20. The van der Waals surface area contributed by atoms with Crippen LogP contribution < -0.4 is 0 Å². The monoisotopic (exact) mass is 405 g/mol. The second-order valence-electron chi connectivity index (χ2n) is 5.82. The second-order valence-corrected chi connectivity index (χ2v) is 7.58. The summed E-state index contributed by atoms with van der Waals surface area (Å²) in [6, 6.07) is 13.5. The quantitative estimate of drug-likeness (QED) is 0.675. The average Bonchev–Trinajstić information content (AvgIpc) is 3.45. The van der Waals surface area contributed by atoms with E-state index in [4.69, 9.17) is 5.41 Å². The Labute approximate surface area is 167 Å². The van der Waals surface area contributed by atoms with Crippen LogP contribution in [0.5, 0.6) is 0 Å². The summed E-state index contributed by atoms with van der Waals surface area (Å²) >= 11 is 2.66. The Bertz CT molecular complexity index is 1190. The first kappa shape index (κ1) is 16.8. The van der Waals surface area contributed by atoms with Crippen LogP contribution in [0.15, 0.2) is 64.3 Å². The van der Waals surface area contributed by atoms with Gasteiger partial charge in [0.25, 0.3) is 5.91 Å². The van der Waals surface area contributed by atoms with Crippen molar-refractivity contribution in [1.82, 2.24) is 19.8 Å². The lowest BCUT2D eigenvalue weighted by Crippen LogP contribution is -2.35. The van der Waals surface area contributed by atoms with Crippen molar-refractivity contribution in [3.05, 3.63) is 59.9 Å². The van der Waals surface area contributed by atoms with Crippen LogP contribution in [0.25, 0.3) is 21.8 Å². The molecule has 0 spiro atoms. The van der Waals surface area contributed by atoms with Crippen molar-refractivity contribution in [1.29, 1.82) is 5.41 Å². The van der Waals surface area contributed by atoms with Gasteiger partial charge in [0.05, 0.1) is 11.1 Å². The highest BCUT2D eigenvalue weighted by molar-refractivity contribution is 8.25. The number of aliphatic imine (C=N–C) groups is 1. The Morgan fingerprint density at radius 1 is 1.07 bits per heavy atom. The van der Waals surface area contributed by atoms with E-state index in [1.54, 1.807) is 11.6 Å². The van der Waals surface area contributed by atoms with Crippen molar-refractivity contribution in [3.63, 3.8) is 0 Å². The Hall–Kier alpha value is -3.37. The van der Waals surface area contributed by atoms with Crippen LogP contribution in [-0.4, -0.2) is 42.2 Å². The number of amidine groups is 2. The molecule has 8 nitrogen and oxygen atoms in total. The fourth-order valence-electron chi connectivity index (χ4n) is 2.78. The van der Waals surface area contributed by atoms with Crippen molar-refractivity contribution in [2.45, 2.75) is 0 Å². The predicted molar refractivity (Wildman–Crippen MR) is 111 cm³/mol. The minimum atomic E-state index is -0.454. The van der Waals surface area contributed by atoms with Crippen LogP contribution in [0.4, 0.5) is 0 Å². The van der Waals surface area contributed by atoms with E-state index < -0.39 is 5.91 Å². The average molecular weight is 405 g/mol. The molecule has 0 fully saturated rings. The van der Waals surface area contributed by atoms with Crippen LogP contribution in [0.3, 0.4) is 0 Å². The standard InChI is InChI=1S/C18H11N7OS2/c19-14-13(15(26)21-17-25(14)20-10-27-17)9-12-7-4-8-24(12)18-23-22-16(28-18)11-5-2-1-3-6-11/h1-10,19H/b13-9+,19-14?. The van der Waals surface area contributed by atoms with Gasteiger partial charge in [0.2, 0.25) is 5.13 Å². The molecule has 2 aliphatic rings. The molecule has 10 heteroatoms. The van der Waals surface area contributed by atoms with Crippen molar-refractivity contribution in [2.75, 3.05) is 0 Å². The highest BCUT2D eigenvalue weighted by Crippen LogP contribution is 2.28. The summed E-state index contributed by atoms with van der Waals surface area (Å²) in [6.45, 7) is 0. The number of benzene rings is 1. The molecule has 1 aromatic carbocycles. The van der Waals surface area contributed by atoms with Gasteiger partial charge in [-0.1, -0.05) is 41.7 Å². The highest BCUT2D eigenvalue weighted by atomic mass is 32.2. The summed E-state index contributed by atoms with van der Waals surface area (Å²) in [6.07, 6.45) is 3.48. The van der Waals surface area contributed by atoms with Gasteiger partial charge >= 0.3 is 0 Å². The number of amides is 1. The fourth-order valence-corrected chi connectivity index (χ4v) is 4.25. The molecule has 0 saturated heterocycles. The summed E-state index contributed by atoms with van der Waals surface area (Å²) in [5.74, 6) is -0.449. The number of hydrogen-bond acceptors (Lipinski definition) is 7. The topological polar surface area (TPSA) is 99.6 Å². The molecule has 4 heterocycles. The zero-order valence-corrected chi connectivity index (χ0v) is 15.8.